The lowest BCUT2D eigenvalue weighted by molar-refractivity contribution is -0.269. The van der Waals surface area contributed by atoms with Crippen LogP contribution in [-0.2, 0) is 14.9 Å². The van der Waals surface area contributed by atoms with Crippen LogP contribution < -0.4 is 5.32 Å². The van der Waals surface area contributed by atoms with E-state index in [9.17, 15) is 35.2 Å². The molecule has 0 bridgehead atoms. The van der Waals surface area contributed by atoms with E-state index in [2.05, 4.69) is 0 Å². The zero-order chi connectivity index (χ0) is 14.6. The molecule has 0 saturated carbocycles. The van der Waals surface area contributed by atoms with Gasteiger partial charge in [0.25, 0.3) is 10.1 Å². The second-order valence-corrected chi connectivity index (χ2v) is 4.05. The highest BCUT2D eigenvalue weighted by atomic mass is 32.2. The molecular formula is C7H6F5NO4S. The Morgan fingerprint density at radius 3 is 2.00 bits per heavy atom. The van der Waals surface area contributed by atoms with E-state index >= 15 is 0 Å². The molecule has 0 heterocycles. The highest BCUT2D eigenvalue weighted by Gasteiger charge is 2.63. The van der Waals surface area contributed by atoms with Crippen molar-refractivity contribution in [1.29, 1.82) is 0 Å². The van der Waals surface area contributed by atoms with Gasteiger partial charge in [0.15, 0.2) is 0 Å². The van der Waals surface area contributed by atoms with Gasteiger partial charge in [-0.2, -0.15) is 30.4 Å². The van der Waals surface area contributed by atoms with Gasteiger partial charge < -0.3 is 5.32 Å². The van der Waals surface area contributed by atoms with Crippen LogP contribution in [-0.4, -0.2) is 31.0 Å². The van der Waals surface area contributed by atoms with E-state index in [-0.39, 0.29) is 5.41 Å². The van der Waals surface area contributed by atoms with Gasteiger partial charge in [0.1, 0.15) is 0 Å². The predicted octanol–water partition coefficient (Wildman–Crippen LogP) is 1.22. The molecule has 0 aromatic carbocycles. The van der Waals surface area contributed by atoms with Crippen molar-refractivity contribution in [1.82, 2.24) is 5.32 Å². The van der Waals surface area contributed by atoms with Crippen molar-refractivity contribution in [3.8, 4) is 0 Å². The number of amides is 1. The Morgan fingerprint density at radius 1 is 1.11 bits per heavy atom. The molecular weight excluding hydrogens is 289 g/mol. The molecule has 0 atom stereocenters. The fourth-order valence-corrected chi connectivity index (χ4v) is 0.833. The number of halogens is 5. The van der Waals surface area contributed by atoms with Crippen LogP contribution in [0.25, 0.3) is 0 Å². The lowest BCUT2D eigenvalue weighted by atomic mass is 10.3. The van der Waals surface area contributed by atoms with Gasteiger partial charge in [-0.25, -0.2) is 0 Å². The summed E-state index contributed by atoms with van der Waals surface area (Å²) in [6, 6.07) is 0. The standard InChI is InChI=1S/C7H6F5NO4S/c8-6(9,7(10,11)12)5(14)13-3-1-2-4-18(15,16)17/h1-4H,(H,13,14)(H,15,16,17)/b3-1+,4-2+. The minimum absolute atomic E-state index is 0.220. The van der Waals surface area contributed by atoms with Gasteiger partial charge >= 0.3 is 18.0 Å². The minimum Gasteiger partial charge on any atom is -0.327 e. The summed E-state index contributed by atoms with van der Waals surface area (Å²) in [6.07, 6.45) is -4.46. The molecule has 0 saturated heterocycles. The van der Waals surface area contributed by atoms with Crippen LogP contribution in [0.15, 0.2) is 23.8 Å². The van der Waals surface area contributed by atoms with E-state index in [1.54, 1.807) is 0 Å². The second kappa shape index (κ2) is 5.44. The van der Waals surface area contributed by atoms with Crippen molar-refractivity contribution >= 4 is 16.0 Å². The predicted molar refractivity (Wildman–Crippen MR) is 49.0 cm³/mol. The van der Waals surface area contributed by atoms with E-state index < -0.39 is 28.1 Å². The van der Waals surface area contributed by atoms with Crippen LogP contribution in [0, 0.1) is 0 Å². The molecule has 0 aliphatic heterocycles. The summed E-state index contributed by atoms with van der Waals surface area (Å²) in [7, 11) is -4.45. The largest absolute Gasteiger partial charge is 0.463 e. The quantitative estimate of drug-likeness (QED) is 0.464. The highest BCUT2D eigenvalue weighted by molar-refractivity contribution is 7.88. The van der Waals surface area contributed by atoms with E-state index in [4.69, 9.17) is 4.55 Å². The first-order valence-electron chi connectivity index (χ1n) is 3.94. The third-order valence-electron chi connectivity index (χ3n) is 1.31. The van der Waals surface area contributed by atoms with E-state index in [0.29, 0.717) is 18.4 Å². The number of nitrogens with one attached hydrogen (secondary N) is 1. The molecule has 0 radical (unpaired) electrons. The Balaban J connectivity index is 4.54. The number of alkyl halides is 5. The molecule has 0 aliphatic carbocycles. The average Bonchev–Trinajstić information content (AvgIpc) is 2.13. The van der Waals surface area contributed by atoms with Crippen LogP contribution in [0.2, 0.25) is 0 Å². The molecule has 18 heavy (non-hydrogen) atoms. The molecule has 0 unspecified atom stereocenters. The number of carbonyl (C=O) groups excluding carboxylic acids is 1. The molecule has 1 amide bonds. The Morgan fingerprint density at radius 2 is 1.61 bits per heavy atom. The topological polar surface area (TPSA) is 83.5 Å². The molecule has 0 fully saturated rings. The third-order valence-corrected chi connectivity index (χ3v) is 1.81. The lowest BCUT2D eigenvalue weighted by Gasteiger charge is -2.17. The first-order chi connectivity index (χ1) is 7.88. The number of rotatable bonds is 4. The van der Waals surface area contributed by atoms with Crippen molar-refractivity contribution in [2.24, 2.45) is 0 Å². The van der Waals surface area contributed by atoms with Gasteiger partial charge in [-0.3, -0.25) is 9.35 Å². The Hall–Kier alpha value is -1.49. The summed E-state index contributed by atoms with van der Waals surface area (Å²) in [5.74, 6) is -8.18. The minimum atomic E-state index is -6.03. The first-order valence-corrected chi connectivity index (χ1v) is 5.44. The monoisotopic (exact) mass is 295 g/mol. The number of hydrogen-bond donors (Lipinski definition) is 2. The molecule has 0 aromatic heterocycles. The number of allylic oxidation sites excluding steroid dienone is 2. The molecule has 5 nitrogen and oxygen atoms in total. The fourth-order valence-electron chi connectivity index (χ4n) is 0.543. The molecule has 0 spiro atoms. The van der Waals surface area contributed by atoms with Crippen molar-refractivity contribution < 1.29 is 39.7 Å². The molecule has 104 valence electrons. The summed E-state index contributed by atoms with van der Waals surface area (Å²) in [4.78, 5) is 10.4. The average molecular weight is 295 g/mol. The summed E-state index contributed by atoms with van der Waals surface area (Å²) >= 11 is 0. The maximum atomic E-state index is 12.3. The van der Waals surface area contributed by atoms with Crippen molar-refractivity contribution in [3.05, 3.63) is 23.8 Å². The molecule has 0 rings (SSSR count). The van der Waals surface area contributed by atoms with Crippen LogP contribution in [0.4, 0.5) is 22.0 Å². The van der Waals surface area contributed by atoms with Gasteiger partial charge in [0, 0.05) is 6.20 Å². The smallest absolute Gasteiger partial charge is 0.327 e. The summed E-state index contributed by atoms with van der Waals surface area (Å²) < 4.78 is 87.9. The maximum Gasteiger partial charge on any atom is 0.463 e. The summed E-state index contributed by atoms with van der Waals surface area (Å²) in [6.45, 7) is 0. The van der Waals surface area contributed by atoms with Crippen molar-refractivity contribution in [3.63, 3.8) is 0 Å². The number of carbonyl (C=O) groups is 1. The normalized spacial score (nSPS) is 14.3. The SMILES string of the molecule is O=C(N/C=C/C=C/S(=O)(=O)O)C(F)(F)C(F)(F)F. The van der Waals surface area contributed by atoms with Gasteiger partial charge in [0.2, 0.25) is 0 Å². The van der Waals surface area contributed by atoms with E-state index in [1.807, 2.05) is 0 Å². The molecule has 0 aliphatic rings. The highest BCUT2D eigenvalue weighted by Crippen LogP contribution is 2.35. The van der Waals surface area contributed by atoms with Crippen molar-refractivity contribution in [2.75, 3.05) is 0 Å². The van der Waals surface area contributed by atoms with Crippen LogP contribution in [0.3, 0.4) is 0 Å². The zero-order valence-corrected chi connectivity index (χ0v) is 9.10. The Bertz CT molecular complexity index is 465. The molecule has 11 heteroatoms. The Kier molecular flexibility index (Phi) is 4.99. The van der Waals surface area contributed by atoms with Gasteiger partial charge in [-0.05, 0) is 12.2 Å². The number of hydrogen-bond acceptors (Lipinski definition) is 3. The van der Waals surface area contributed by atoms with Gasteiger partial charge in [0.05, 0.1) is 5.41 Å². The maximum absolute atomic E-state index is 12.3. The fraction of sp³-hybridized carbons (Fsp3) is 0.286. The van der Waals surface area contributed by atoms with Crippen LogP contribution in [0.5, 0.6) is 0 Å². The van der Waals surface area contributed by atoms with Crippen molar-refractivity contribution in [2.45, 2.75) is 12.1 Å². The lowest BCUT2D eigenvalue weighted by Crippen LogP contribution is -2.49. The van der Waals surface area contributed by atoms with E-state index in [0.717, 1.165) is 5.32 Å². The van der Waals surface area contributed by atoms with Gasteiger partial charge in [-0.15, -0.1) is 0 Å². The molecule has 2 N–H and O–H groups in total. The van der Waals surface area contributed by atoms with Crippen LogP contribution in [0.1, 0.15) is 0 Å². The summed E-state index contributed by atoms with van der Waals surface area (Å²) in [5, 5.41) is 1.32. The zero-order valence-electron chi connectivity index (χ0n) is 8.28. The second-order valence-electron chi connectivity index (χ2n) is 2.75. The first kappa shape index (κ1) is 16.5. The van der Waals surface area contributed by atoms with Crippen LogP contribution >= 0.6 is 0 Å². The third kappa shape index (κ3) is 5.23. The molecule has 0 aromatic rings. The van der Waals surface area contributed by atoms with E-state index in [1.165, 1.54) is 0 Å². The summed E-state index contributed by atoms with van der Waals surface area (Å²) in [5.41, 5.74) is 0. The Labute approximate surface area is 97.7 Å². The van der Waals surface area contributed by atoms with Gasteiger partial charge in [-0.1, -0.05) is 0 Å².